The van der Waals surface area contributed by atoms with Crippen LogP contribution in [0.3, 0.4) is 0 Å². The number of hydrogen-bond acceptors (Lipinski definition) is 4. The lowest BCUT2D eigenvalue weighted by Crippen LogP contribution is -2.59. The van der Waals surface area contributed by atoms with Gasteiger partial charge in [-0.05, 0) is 32.3 Å². The predicted molar refractivity (Wildman–Crippen MR) is 81.7 cm³/mol. The molecular formula is C16H25N3O3. The van der Waals surface area contributed by atoms with E-state index in [-0.39, 0.29) is 11.4 Å². The smallest absolute Gasteiger partial charge is 0.223 e. The van der Waals surface area contributed by atoms with Crippen molar-refractivity contribution >= 4 is 5.91 Å². The second-order valence-electron chi connectivity index (χ2n) is 6.40. The van der Waals surface area contributed by atoms with Crippen molar-refractivity contribution in [3.63, 3.8) is 0 Å². The highest BCUT2D eigenvalue weighted by Crippen LogP contribution is 2.30. The molecule has 2 fully saturated rings. The maximum atomic E-state index is 12.7. The van der Waals surface area contributed by atoms with E-state index < -0.39 is 0 Å². The molecule has 22 heavy (non-hydrogen) atoms. The molecule has 122 valence electrons. The summed E-state index contributed by atoms with van der Waals surface area (Å²) in [6.45, 7) is 7.28. The molecule has 2 saturated heterocycles. The number of hydrogen-bond donors (Lipinski definition) is 0. The third-order valence-corrected chi connectivity index (χ3v) is 5.03. The van der Waals surface area contributed by atoms with Gasteiger partial charge in [-0.1, -0.05) is 0 Å². The van der Waals surface area contributed by atoms with Gasteiger partial charge in [0.15, 0.2) is 0 Å². The second-order valence-corrected chi connectivity index (χ2v) is 6.40. The Kier molecular flexibility index (Phi) is 4.23. The Balaban J connectivity index is 1.68. The summed E-state index contributed by atoms with van der Waals surface area (Å²) in [5.41, 5.74) is 3.13. The summed E-state index contributed by atoms with van der Waals surface area (Å²) in [4.78, 5) is 14.8. The van der Waals surface area contributed by atoms with Crippen LogP contribution >= 0.6 is 0 Å². The topological polar surface area (TPSA) is 56.6 Å². The molecule has 0 saturated carbocycles. The maximum absolute atomic E-state index is 12.7. The van der Waals surface area contributed by atoms with Gasteiger partial charge < -0.3 is 14.4 Å². The zero-order valence-corrected chi connectivity index (χ0v) is 13.7. The normalized spacial score (nSPS) is 25.1. The summed E-state index contributed by atoms with van der Waals surface area (Å²) in [5.74, 6) is 0.205. The minimum Gasteiger partial charge on any atom is -0.379 e. The van der Waals surface area contributed by atoms with E-state index in [0.29, 0.717) is 39.4 Å². The number of aryl methyl sites for hydroxylation is 2. The Labute approximate surface area is 131 Å². The molecule has 2 aliphatic rings. The van der Waals surface area contributed by atoms with Gasteiger partial charge in [-0.3, -0.25) is 9.48 Å². The molecular weight excluding hydrogens is 282 g/mol. The fourth-order valence-electron chi connectivity index (χ4n) is 3.59. The van der Waals surface area contributed by atoms with E-state index in [4.69, 9.17) is 9.47 Å². The first-order chi connectivity index (χ1) is 10.5. The molecule has 0 aromatic carbocycles. The number of morpholine rings is 1. The fourth-order valence-corrected chi connectivity index (χ4v) is 3.59. The Morgan fingerprint density at radius 2 is 2.00 bits per heavy atom. The molecule has 6 nitrogen and oxygen atoms in total. The van der Waals surface area contributed by atoms with E-state index in [2.05, 4.69) is 12.0 Å². The first kappa shape index (κ1) is 15.5. The van der Waals surface area contributed by atoms with Gasteiger partial charge in [-0.15, -0.1) is 0 Å². The summed E-state index contributed by atoms with van der Waals surface area (Å²) in [7, 11) is 1.94. The molecule has 2 aliphatic heterocycles. The number of ether oxygens (including phenoxy) is 2. The highest BCUT2D eigenvalue weighted by Gasteiger charge is 2.45. The number of carbonyl (C=O) groups excluding carboxylic acids is 1. The Hall–Kier alpha value is -1.40. The van der Waals surface area contributed by atoms with E-state index in [0.717, 1.165) is 24.2 Å². The Bertz CT molecular complexity index is 561. The van der Waals surface area contributed by atoms with Gasteiger partial charge in [-0.2, -0.15) is 5.10 Å². The number of aromatic nitrogens is 2. The van der Waals surface area contributed by atoms with Crippen LogP contribution in [-0.4, -0.2) is 59.1 Å². The molecule has 1 aromatic heterocycles. The van der Waals surface area contributed by atoms with E-state index in [1.165, 1.54) is 5.56 Å². The van der Waals surface area contributed by atoms with Gasteiger partial charge in [0.05, 0.1) is 31.1 Å². The van der Waals surface area contributed by atoms with Crippen molar-refractivity contribution in [2.24, 2.45) is 7.05 Å². The highest BCUT2D eigenvalue weighted by atomic mass is 16.5. The fraction of sp³-hybridized carbons (Fsp3) is 0.750. The van der Waals surface area contributed by atoms with Gasteiger partial charge in [0, 0.05) is 32.3 Å². The van der Waals surface area contributed by atoms with Crippen LogP contribution in [0.2, 0.25) is 0 Å². The molecule has 0 bridgehead atoms. The number of carbonyl (C=O) groups is 1. The largest absolute Gasteiger partial charge is 0.379 e. The van der Waals surface area contributed by atoms with E-state index in [1.807, 2.05) is 23.6 Å². The highest BCUT2D eigenvalue weighted by molar-refractivity contribution is 5.77. The molecule has 1 amide bonds. The minimum atomic E-state index is -0.228. The summed E-state index contributed by atoms with van der Waals surface area (Å²) in [6, 6.07) is 0. The van der Waals surface area contributed by atoms with Crippen LogP contribution < -0.4 is 0 Å². The molecule has 3 heterocycles. The summed E-state index contributed by atoms with van der Waals surface area (Å²) in [5, 5.41) is 4.42. The summed E-state index contributed by atoms with van der Waals surface area (Å²) >= 11 is 0. The van der Waals surface area contributed by atoms with E-state index >= 15 is 0 Å². The first-order valence-electron chi connectivity index (χ1n) is 7.98. The average Bonchev–Trinajstić information content (AvgIpc) is 3.04. The third-order valence-electron chi connectivity index (χ3n) is 5.03. The summed E-state index contributed by atoms with van der Waals surface area (Å²) in [6.07, 6.45) is 2.15. The molecule has 1 unspecified atom stereocenters. The molecule has 3 rings (SSSR count). The minimum absolute atomic E-state index is 0.205. The first-order valence-corrected chi connectivity index (χ1v) is 7.98. The molecule has 1 spiro atoms. The zero-order chi connectivity index (χ0) is 15.7. The van der Waals surface area contributed by atoms with Crippen molar-refractivity contribution in [1.29, 1.82) is 0 Å². The SMILES string of the molecule is Cc1nn(C)c(C)c1CCC(=O)N1CCOCC12CCOC2. The monoisotopic (exact) mass is 307 g/mol. The van der Waals surface area contributed by atoms with Crippen LogP contribution in [0.15, 0.2) is 0 Å². The van der Waals surface area contributed by atoms with Crippen molar-refractivity contribution in [3.05, 3.63) is 17.0 Å². The Morgan fingerprint density at radius 1 is 1.27 bits per heavy atom. The van der Waals surface area contributed by atoms with Crippen molar-refractivity contribution in [1.82, 2.24) is 14.7 Å². The quantitative estimate of drug-likeness (QED) is 0.835. The molecule has 0 aliphatic carbocycles. The van der Waals surface area contributed by atoms with Crippen LogP contribution in [0, 0.1) is 13.8 Å². The van der Waals surface area contributed by atoms with E-state index in [9.17, 15) is 4.79 Å². The lowest BCUT2D eigenvalue weighted by atomic mass is 9.94. The van der Waals surface area contributed by atoms with Gasteiger partial charge in [-0.25, -0.2) is 0 Å². The molecule has 1 aromatic rings. The maximum Gasteiger partial charge on any atom is 0.223 e. The van der Waals surface area contributed by atoms with Crippen LogP contribution in [0.25, 0.3) is 0 Å². The zero-order valence-electron chi connectivity index (χ0n) is 13.7. The van der Waals surface area contributed by atoms with Crippen LogP contribution in [0.5, 0.6) is 0 Å². The van der Waals surface area contributed by atoms with Crippen molar-refractivity contribution < 1.29 is 14.3 Å². The lowest BCUT2D eigenvalue weighted by Gasteiger charge is -2.43. The average molecular weight is 307 g/mol. The second kappa shape index (κ2) is 6.01. The van der Waals surface area contributed by atoms with Gasteiger partial charge in [0.2, 0.25) is 5.91 Å². The standard InChI is InChI=1S/C16H25N3O3/c1-12-14(13(2)18(3)17-12)4-5-15(20)19-7-9-22-11-16(19)6-8-21-10-16/h4-11H2,1-3H3. The van der Waals surface area contributed by atoms with Gasteiger partial charge in [0.25, 0.3) is 0 Å². The Morgan fingerprint density at radius 3 is 2.64 bits per heavy atom. The predicted octanol–water partition coefficient (Wildman–Crippen LogP) is 0.987. The van der Waals surface area contributed by atoms with Crippen molar-refractivity contribution in [2.75, 3.05) is 33.0 Å². The van der Waals surface area contributed by atoms with Gasteiger partial charge in [0.1, 0.15) is 0 Å². The van der Waals surface area contributed by atoms with Gasteiger partial charge >= 0.3 is 0 Å². The molecule has 0 radical (unpaired) electrons. The molecule has 6 heteroatoms. The van der Waals surface area contributed by atoms with Crippen LogP contribution in [-0.2, 0) is 27.7 Å². The number of nitrogens with zero attached hydrogens (tertiary/aromatic N) is 3. The number of rotatable bonds is 3. The van der Waals surface area contributed by atoms with Crippen molar-refractivity contribution in [3.8, 4) is 0 Å². The molecule has 0 N–H and O–H groups in total. The molecule has 1 atom stereocenters. The van der Waals surface area contributed by atoms with Crippen LogP contribution in [0.1, 0.15) is 29.8 Å². The van der Waals surface area contributed by atoms with E-state index in [1.54, 1.807) is 0 Å². The lowest BCUT2D eigenvalue weighted by molar-refractivity contribution is -0.149. The van der Waals surface area contributed by atoms with Crippen LogP contribution in [0.4, 0.5) is 0 Å². The van der Waals surface area contributed by atoms with Crippen molar-refractivity contribution in [2.45, 2.75) is 38.6 Å². The summed E-state index contributed by atoms with van der Waals surface area (Å²) < 4.78 is 13.0. The number of amides is 1. The third kappa shape index (κ3) is 2.65.